The van der Waals surface area contributed by atoms with Crippen LogP contribution in [0, 0.1) is 11.8 Å². The molecule has 1 saturated heterocycles. The number of piperidine rings is 1. The van der Waals surface area contributed by atoms with Gasteiger partial charge in [0.1, 0.15) is 0 Å². The number of likely N-dealkylation sites (tertiary alicyclic amines) is 1. The van der Waals surface area contributed by atoms with Crippen LogP contribution < -0.4 is 5.32 Å². The lowest BCUT2D eigenvalue weighted by molar-refractivity contribution is 0.156. The molecule has 4 atom stereocenters. The van der Waals surface area contributed by atoms with Gasteiger partial charge in [-0.15, -0.1) is 0 Å². The zero-order valence-corrected chi connectivity index (χ0v) is 10.5. The standard InChI is InChI=1S/C13H26N2/c1-4-15-7-5-6-12(9-15)11(3)14-13-8-10(13)2/h10-14H,4-9H2,1-3H3. The normalized spacial score (nSPS) is 39.0. The lowest BCUT2D eigenvalue weighted by Gasteiger charge is -2.35. The Morgan fingerprint density at radius 1 is 1.47 bits per heavy atom. The molecule has 4 unspecified atom stereocenters. The molecule has 2 rings (SSSR count). The van der Waals surface area contributed by atoms with Crippen molar-refractivity contribution in [1.82, 2.24) is 10.2 Å². The largest absolute Gasteiger partial charge is 0.311 e. The predicted molar refractivity (Wildman–Crippen MR) is 65.0 cm³/mol. The summed E-state index contributed by atoms with van der Waals surface area (Å²) in [6, 6.07) is 1.55. The quantitative estimate of drug-likeness (QED) is 0.764. The highest BCUT2D eigenvalue weighted by Gasteiger charge is 2.35. The van der Waals surface area contributed by atoms with E-state index < -0.39 is 0 Å². The third kappa shape index (κ3) is 2.94. The summed E-state index contributed by atoms with van der Waals surface area (Å²) in [4.78, 5) is 2.60. The van der Waals surface area contributed by atoms with Crippen molar-refractivity contribution in [1.29, 1.82) is 0 Å². The molecule has 88 valence electrons. The van der Waals surface area contributed by atoms with Crippen molar-refractivity contribution in [3.05, 3.63) is 0 Å². The summed E-state index contributed by atoms with van der Waals surface area (Å²) in [5.41, 5.74) is 0. The summed E-state index contributed by atoms with van der Waals surface area (Å²) in [5, 5.41) is 3.79. The maximum absolute atomic E-state index is 3.79. The van der Waals surface area contributed by atoms with Crippen LogP contribution in [-0.4, -0.2) is 36.6 Å². The van der Waals surface area contributed by atoms with Crippen molar-refractivity contribution in [2.45, 2.75) is 52.1 Å². The molecule has 0 aromatic rings. The Kier molecular flexibility index (Phi) is 3.68. The Labute approximate surface area is 94.4 Å². The highest BCUT2D eigenvalue weighted by Crippen LogP contribution is 2.31. The molecule has 0 aromatic heterocycles. The smallest absolute Gasteiger partial charge is 0.00989 e. The van der Waals surface area contributed by atoms with Gasteiger partial charge in [0.15, 0.2) is 0 Å². The summed E-state index contributed by atoms with van der Waals surface area (Å²) in [6.45, 7) is 10.9. The Morgan fingerprint density at radius 3 is 2.80 bits per heavy atom. The number of hydrogen-bond donors (Lipinski definition) is 1. The first-order valence-corrected chi connectivity index (χ1v) is 6.69. The van der Waals surface area contributed by atoms with Gasteiger partial charge in [-0.25, -0.2) is 0 Å². The first-order valence-electron chi connectivity index (χ1n) is 6.69. The maximum Gasteiger partial charge on any atom is 0.00989 e. The van der Waals surface area contributed by atoms with Crippen LogP contribution >= 0.6 is 0 Å². The topological polar surface area (TPSA) is 15.3 Å². The van der Waals surface area contributed by atoms with E-state index in [1.807, 2.05) is 0 Å². The van der Waals surface area contributed by atoms with E-state index in [0.29, 0.717) is 6.04 Å². The zero-order chi connectivity index (χ0) is 10.8. The second-order valence-corrected chi connectivity index (χ2v) is 5.57. The highest BCUT2D eigenvalue weighted by atomic mass is 15.1. The van der Waals surface area contributed by atoms with Gasteiger partial charge in [-0.05, 0) is 51.1 Å². The monoisotopic (exact) mass is 210 g/mol. The van der Waals surface area contributed by atoms with E-state index in [4.69, 9.17) is 0 Å². The second-order valence-electron chi connectivity index (χ2n) is 5.57. The van der Waals surface area contributed by atoms with E-state index in [-0.39, 0.29) is 0 Å². The van der Waals surface area contributed by atoms with Crippen LogP contribution in [0.5, 0.6) is 0 Å². The highest BCUT2D eigenvalue weighted by molar-refractivity contribution is 4.93. The van der Waals surface area contributed by atoms with Crippen molar-refractivity contribution in [2.24, 2.45) is 11.8 Å². The van der Waals surface area contributed by atoms with Gasteiger partial charge in [-0.3, -0.25) is 0 Å². The van der Waals surface area contributed by atoms with Crippen LogP contribution in [0.15, 0.2) is 0 Å². The van der Waals surface area contributed by atoms with Crippen LogP contribution in [-0.2, 0) is 0 Å². The van der Waals surface area contributed by atoms with Crippen LogP contribution in [0.4, 0.5) is 0 Å². The van der Waals surface area contributed by atoms with Gasteiger partial charge in [0.2, 0.25) is 0 Å². The molecule has 0 radical (unpaired) electrons. The van der Waals surface area contributed by atoms with Crippen molar-refractivity contribution >= 4 is 0 Å². The third-order valence-electron chi connectivity index (χ3n) is 4.28. The number of nitrogens with one attached hydrogen (secondary N) is 1. The molecular weight excluding hydrogens is 184 g/mol. The van der Waals surface area contributed by atoms with Gasteiger partial charge in [-0.2, -0.15) is 0 Å². The van der Waals surface area contributed by atoms with Gasteiger partial charge in [0.05, 0.1) is 0 Å². The van der Waals surface area contributed by atoms with Gasteiger partial charge in [-0.1, -0.05) is 13.8 Å². The molecule has 1 N–H and O–H groups in total. The lowest BCUT2D eigenvalue weighted by Crippen LogP contribution is -2.45. The average molecular weight is 210 g/mol. The molecule has 2 aliphatic rings. The summed E-state index contributed by atoms with van der Waals surface area (Å²) in [7, 11) is 0. The van der Waals surface area contributed by atoms with Gasteiger partial charge >= 0.3 is 0 Å². The van der Waals surface area contributed by atoms with Crippen molar-refractivity contribution < 1.29 is 0 Å². The van der Waals surface area contributed by atoms with E-state index in [1.165, 1.54) is 38.9 Å². The molecule has 0 amide bonds. The molecule has 2 nitrogen and oxygen atoms in total. The molecule has 1 aliphatic carbocycles. The van der Waals surface area contributed by atoms with Crippen molar-refractivity contribution in [3.8, 4) is 0 Å². The Hall–Kier alpha value is -0.0800. The predicted octanol–water partition coefficient (Wildman–Crippen LogP) is 2.10. The van der Waals surface area contributed by atoms with Crippen molar-refractivity contribution in [3.63, 3.8) is 0 Å². The fourth-order valence-corrected chi connectivity index (χ4v) is 2.81. The fraction of sp³-hybridized carbons (Fsp3) is 1.00. The van der Waals surface area contributed by atoms with Crippen LogP contribution in [0.2, 0.25) is 0 Å². The first kappa shape index (κ1) is 11.4. The molecule has 0 bridgehead atoms. The Balaban J connectivity index is 1.76. The molecule has 2 heteroatoms. The minimum Gasteiger partial charge on any atom is -0.311 e. The van der Waals surface area contributed by atoms with Crippen LogP contribution in [0.3, 0.4) is 0 Å². The lowest BCUT2D eigenvalue weighted by atomic mass is 9.91. The fourth-order valence-electron chi connectivity index (χ4n) is 2.81. The first-order chi connectivity index (χ1) is 7.20. The Bertz CT molecular complexity index is 205. The van der Waals surface area contributed by atoms with Gasteiger partial charge in [0, 0.05) is 18.6 Å². The molecule has 15 heavy (non-hydrogen) atoms. The molecule has 1 saturated carbocycles. The summed E-state index contributed by atoms with van der Waals surface area (Å²) in [6.07, 6.45) is 4.21. The molecule has 0 aromatic carbocycles. The average Bonchev–Trinajstić information content (AvgIpc) is 2.94. The van der Waals surface area contributed by atoms with E-state index in [1.54, 1.807) is 0 Å². The van der Waals surface area contributed by atoms with Crippen LogP contribution in [0.25, 0.3) is 0 Å². The summed E-state index contributed by atoms with van der Waals surface area (Å²) >= 11 is 0. The second kappa shape index (κ2) is 4.84. The molecule has 1 heterocycles. The van der Waals surface area contributed by atoms with E-state index in [0.717, 1.165) is 17.9 Å². The third-order valence-corrected chi connectivity index (χ3v) is 4.28. The minimum atomic E-state index is 0.717. The molecule has 1 aliphatic heterocycles. The van der Waals surface area contributed by atoms with Crippen LogP contribution in [0.1, 0.15) is 40.0 Å². The van der Waals surface area contributed by atoms with Gasteiger partial charge in [0.25, 0.3) is 0 Å². The molecular formula is C13H26N2. The van der Waals surface area contributed by atoms with Crippen molar-refractivity contribution in [2.75, 3.05) is 19.6 Å². The van der Waals surface area contributed by atoms with E-state index in [9.17, 15) is 0 Å². The number of nitrogens with zero attached hydrogens (tertiary/aromatic N) is 1. The molecule has 2 fully saturated rings. The number of hydrogen-bond acceptors (Lipinski definition) is 2. The zero-order valence-electron chi connectivity index (χ0n) is 10.5. The van der Waals surface area contributed by atoms with E-state index in [2.05, 4.69) is 31.0 Å². The summed E-state index contributed by atoms with van der Waals surface area (Å²) in [5.74, 6) is 1.81. The van der Waals surface area contributed by atoms with Gasteiger partial charge < -0.3 is 10.2 Å². The summed E-state index contributed by atoms with van der Waals surface area (Å²) < 4.78 is 0. The minimum absolute atomic E-state index is 0.717. The maximum atomic E-state index is 3.79. The van der Waals surface area contributed by atoms with E-state index >= 15 is 0 Å². The number of rotatable bonds is 4. The Morgan fingerprint density at radius 2 is 2.20 bits per heavy atom. The molecule has 0 spiro atoms. The SMILES string of the molecule is CCN1CCCC(C(C)NC2CC2C)C1.